The van der Waals surface area contributed by atoms with Crippen molar-refractivity contribution in [2.75, 3.05) is 20.7 Å². The second-order valence-electron chi connectivity index (χ2n) is 9.12. The molecule has 1 aromatic rings. The van der Waals surface area contributed by atoms with E-state index in [1.54, 1.807) is 19.1 Å². The topological polar surface area (TPSA) is 66.8 Å². The first kappa shape index (κ1) is 18.3. The van der Waals surface area contributed by atoms with E-state index in [1.165, 1.54) is 24.8 Å². The molecular formula is C22H29NO4. The summed E-state index contributed by atoms with van der Waals surface area (Å²) in [6, 6.07) is 8.42. The zero-order valence-corrected chi connectivity index (χ0v) is 16.2. The van der Waals surface area contributed by atoms with Crippen molar-refractivity contribution in [1.29, 1.82) is 0 Å². The number of methoxy groups -OCH3 is 1. The van der Waals surface area contributed by atoms with Gasteiger partial charge in [0, 0.05) is 13.6 Å². The molecule has 4 bridgehead atoms. The van der Waals surface area contributed by atoms with Crippen molar-refractivity contribution in [2.45, 2.75) is 50.4 Å². The molecule has 5 rings (SSSR count). The summed E-state index contributed by atoms with van der Waals surface area (Å²) in [5.74, 6) is 1.38. The van der Waals surface area contributed by atoms with Crippen LogP contribution in [0.15, 0.2) is 24.3 Å². The third-order valence-electron chi connectivity index (χ3n) is 7.22. The van der Waals surface area contributed by atoms with Crippen LogP contribution >= 0.6 is 0 Å². The molecule has 0 spiro atoms. The summed E-state index contributed by atoms with van der Waals surface area (Å²) in [5.41, 5.74) is 1.11. The highest BCUT2D eigenvalue weighted by atomic mass is 16.5. The molecule has 5 heteroatoms. The van der Waals surface area contributed by atoms with E-state index in [2.05, 4.69) is 12.1 Å². The zero-order valence-electron chi connectivity index (χ0n) is 16.2. The lowest BCUT2D eigenvalue weighted by Crippen LogP contribution is -2.59. The molecule has 146 valence electrons. The van der Waals surface area contributed by atoms with Crippen LogP contribution in [0.2, 0.25) is 0 Å². The minimum Gasteiger partial charge on any atom is -0.497 e. The van der Waals surface area contributed by atoms with Crippen LogP contribution in [-0.2, 0) is 15.0 Å². The van der Waals surface area contributed by atoms with Crippen LogP contribution in [0.3, 0.4) is 0 Å². The summed E-state index contributed by atoms with van der Waals surface area (Å²) in [6.07, 6.45) is 6.43. The van der Waals surface area contributed by atoms with E-state index in [-0.39, 0.29) is 23.2 Å². The molecule has 0 aromatic heterocycles. The third kappa shape index (κ3) is 3.11. The van der Waals surface area contributed by atoms with Gasteiger partial charge in [-0.3, -0.25) is 9.59 Å². The number of aliphatic carboxylic acids is 1. The maximum absolute atomic E-state index is 13.4. The maximum Gasteiger partial charge on any atom is 0.305 e. The summed E-state index contributed by atoms with van der Waals surface area (Å²) in [5, 5.41) is 8.96. The van der Waals surface area contributed by atoms with Crippen molar-refractivity contribution in [3.8, 4) is 5.75 Å². The molecule has 4 aliphatic rings. The molecular weight excluding hydrogens is 342 g/mol. The lowest BCUT2D eigenvalue weighted by atomic mass is 9.42. The highest BCUT2D eigenvalue weighted by Gasteiger charge is 2.61. The second kappa shape index (κ2) is 6.54. The Morgan fingerprint density at radius 2 is 1.78 bits per heavy atom. The number of hydrogen-bond donors (Lipinski definition) is 1. The lowest BCUT2D eigenvalue weighted by Gasteiger charge is -2.62. The number of amides is 1. The summed E-state index contributed by atoms with van der Waals surface area (Å²) in [6.45, 7) is 0.292. The van der Waals surface area contributed by atoms with Crippen LogP contribution in [0.25, 0.3) is 0 Å². The number of carboxylic acid groups (broad SMARTS) is 1. The molecule has 1 aromatic carbocycles. The van der Waals surface area contributed by atoms with Crippen molar-refractivity contribution in [3.63, 3.8) is 0 Å². The normalized spacial score (nSPS) is 33.7. The van der Waals surface area contributed by atoms with E-state index in [0.717, 1.165) is 25.0 Å². The first-order valence-electron chi connectivity index (χ1n) is 9.98. The molecule has 4 aliphatic carbocycles. The molecule has 0 radical (unpaired) electrons. The SMILES string of the molecule is COc1ccc(C23CC4CC(CC(C(=O)N(C)CCC(=O)O)(C4)C2)C3)cc1. The Bertz CT molecular complexity index is 727. The van der Waals surface area contributed by atoms with Crippen LogP contribution in [0.1, 0.15) is 50.5 Å². The first-order valence-corrected chi connectivity index (χ1v) is 9.98. The highest BCUT2D eigenvalue weighted by molar-refractivity contribution is 5.84. The molecule has 2 unspecified atom stereocenters. The molecule has 1 N–H and O–H groups in total. The van der Waals surface area contributed by atoms with Gasteiger partial charge in [-0.05, 0) is 73.5 Å². The van der Waals surface area contributed by atoms with Gasteiger partial charge in [-0.2, -0.15) is 0 Å². The summed E-state index contributed by atoms with van der Waals surface area (Å²) in [7, 11) is 3.45. The van der Waals surface area contributed by atoms with Crippen molar-refractivity contribution in [2.24, 2.45) is 17.3 Å². The Morgan fingerprint density at radius 3 is 2.33 bits per heavy atom. The number of rotatable bonds is 6. The van der Waals surface area contributed by atoms with Crippen molar-refractivity contribution in [3.05, 3.63) is 29.8 Å². The molecule has 0 aliphatic heterocycles. The molecule has 5 nitrogen and oxygen atoms in total. The summed E-state index contributed by atoms with van der Waals surface area (Å²) in [4.78, 5) is 26.0. The predicted molar refractivity (Wildman–Crippen MR) is 102 cm³/mol. The first-order chi connectivity index (χ1) is 12.9. The monoisotopic (exact) mass is 371 g/mol. The fourth-order valence-electron chi connectivity index (χ4n) is 6.56. The van der Waals surface area contributed by atoms with Gasteiger partial charge in [0.2, 0.25) is 5.91 Å². The van der Waals surface area contributed by atoms with Crippen LogP contribution in [0.5, 0.6) is 5.75 Å². The number of benzene rings is 1. The minimum atomic E-state index is -0.852. The van der Waals surface area contributed by atoms with E-state index in [1.807, 2.05) is 12.1 Å². The Kier molecular flexibility index (Phi) is 4.44. The average Bonchev–Trinajstić information content (AvgIpc) is 2.64. The van der Waals surface area contributed by atoms with Crippen LogP contribution < -0.4 is 4.74 Å². The molecule has 27 heavy (non-hydrogen) atoms. The Labute approximate surface area is 160 Å². The zero-order chi connectivity index (χ0) is 19.2. The smallest absolute Gasteiger partial charge is 0.305 e. The van der Waals surface area contributed by atoms with E-state index >= 15 is 0 Å². The van der Waals surface area contributed by atoms with Gasteiger partial charge in [0.1, 0.15) is 5.75 Å². The lowest BCUT2D eigenvalue weighted by molar-refractivity contribution is -0.159. The van der Waals surface area contributed by atoms with E-state index in [0.29, 0.717) is 18.4 Å². The summed E-state index contributed by atoms with van der Waals surface area (Å²) >= 11 is 0. The van der Waals surface area contributed by atoms with Gasteiger partial charge in [-0.1, -0.05) is 12.1 Å². The van der Waals surface area contributed by atoms with Gasteiger partial charge in [0.25, 0.3) is 0 Å². The van der Waals surface area contributed by atoms with E-state index in [4.69, 9.17) is 9.84 Å². The summed E-state index contributed by atoms with van der Waals surface area (Å²) < 4.78 is 5.32. The molecule has 4 fully saturated rings. The Hall–Kier alpha value is -2.04. The van der Waals surface area contributed by atoms with Gasteiger partial charge < -0.3 is 14.7 Å². The Balaban J connectivity index is 1.61. The third-order valence-corrected chi connectivity index (χ3v) is 7.22. The van der Waals surface area contributed by atoms with Crippen molar-refractivity contribution < 1.29 is 19.4 Å². The highest BCUT2D eigenvalue weighted by Crippen LogP contribution is 2.66. The number of carbonyl (C=O) groups is 2. The standard InChI is InChI=1S/C22H29NO4/c1-23(8-7-19(24)25)20(26)22-12-15-9-16(13-22)11-21(10-15,14-22)17-3-5-18(27-2)6-4-17/h3-6,15-16H,7-14H2,1-2H3,(H,24,25). The fraction of sp³-hybridized carbons (Fsp3) is 0.636. The van der Waals surface area contributed by atoms with Crippen LogP contribution in [-0.4, -0.2) is 42.6 Å². The molecule has 0 saturated heterocycles. The number of carboxylic acids is 1. The van der Waals surface area contributed by atoms with Gasteiger partial charge in [0.15, 0.2) is 0 Å². The molecule has 4 saturated carbocycles. The van der Waals surface area contributed by atoms with Crippen LogP contribution in [0, 0.1) is 17.3 Å². The average molecular weight is 371 g/mol. The minimum absolute atomic E-state index is 0.00873. The van der Waals surface area contributed by atoms with E-state index < -0.39 is 5.97 Å². The quantitative estimate of drug-likeness (QED) is 0.831. The Morgan fingerprint density at radius 1 is 1.15 bits per heavy atom. The number of hydrogen-bond acceptors (Lipinski definition) is 3. The van der Waals surface area contributed by atoms with Crippen molar-refractivity contribution in [1.82, 2.24) is 4.90 Å². The molecule has 0 heterocycles. The van der Waals surface area contributed by atoms with Crippen LogP contribution in [0.4, 0.5) is 0 Å². The fourth-order valence-corrected chi connectivity index (χ4v) is 6.56. The molecule has 1 amide bonds. The maximum atomic E-state index is 13.4. The van der Waals surface area contributed by atoms with Gasteiger partial charge >= 0.3 is 5.97 Å². The largest absolute Gasteiger partial charge is 0.497 e. The van der Waals surface area contributed by atoms with E-state index in [9.17, 15) is 9.59 Å². The predicted octanol–water partition coefficient (Wildman–Crippen LogP) is 3.47. The van der Waals surface area contributed by atoms with Gasteiger partial charge in [-0.25, -0.2) is 0 Å². The van der Waals surface area contributed by atoms with Crippen molar-refractivity contribution >= 4 is 11.9 Å². The number of ether oxygens (including phenoxy) is 1. The second-order valence-corrected chi connectivity index (χ2v) is 9.12. The van der Waals surface area contributed by atoms with Gasteiger partial charge in [0.05, 0.1) is 18.9 Å². The number of nitrogens with zero attached hydrogens (tertiary/aromatic N) is 1. The number of carbonyl (C=O) groups excluding carboxylic acids is 1. The molecule has 2 atom stereocenters. The van der Waals surface area contributed by atoms with Gasteiger partial charge in [-0.15, -0.1) is 0 Å².